The van der Waals surface area contributed by atoms with Crippen LogP contribution in [0.3, 0.4) is 0 Å². The molecule has 0 saturated carbocycles. The number of para-hydroxylation sites is 2. The van der Waals surface area contributed by atoms with E-state index in [9.17, 15) is 0 Å². The van der Waals surface area contributed by atoms with Gasteiger partial charge in [-0.2, -0.15) is 0 Å². The first kappa shape index (κ1) is 50.6. The number of nitrogens with zero attached hydrogens (tertiary/aromatic N) is 4. The molecule has 4 heteroatoms. The van der Waals surface area contributed by atoms with E-state index in [4.69, 9.17) is 15.0 Å². The normalized spacial score (nSPS) is 11.3. The van der Waals surface area contributed by atoms with Crippen molar-refractivity contribution < 1.29 is 0 Å². The van der Waals surface area contributed by atoms with Gasteiger partial charge < -0.3 is 4.57 Å². The van der Waals surface area contributed by atoms with E-state index in [0.717, 1.165) is 128 Å². The number of aromatic nitrogens is 4. The molecule has 0 aliphatic carbocycles. The Bertz CT molecular complexity index is 4740. The molecule has 0 aliphatic heterocycles. The van der Waals surface area contributed by atoms with Gasteiger partial charge in [0.25, 0.3) is 0 Å². The summed E-state index contributed by atoms with van der Waals surface area (Å²) in [4.78, 5) is 15.4. The van der Waals surface area contributed by atoms with Crippen LogP contribution in [0.5, 0.6) is 0 Å². The van der Waals surface area contributed by atoms with Crippen LogP contribution in [-0.2, 0) is 0 Å². The lowest BCUT2D eigenvalue weighted by Crippen LogP contribution is -1.95. The van der Waals surface area contributed by atoms with E-state index in [2.05, 4.69) is 308 Å². The molecule has 4 nitrogen and oxygen atoms in total. The van der Waals surface area contributed by atoms with Gasteiger partial charge in [0.05, 0.1) is 28.1 Å². The molecule has 11 aromatic carbocycles. The Balaban J connectivity index is 0.910. The van der Waals surface area contributed by atoms with Crippen molar-refractivity contribution in [2.45, 2.75) is 0 Å². The Kier molecular flexibility index (Phi) is 13.2. The molecule has 0 amide bonds. The third-order valence-corrected chi connectivity index (χ3v) is 16.4. The molecule has 4 aromatic heterocycles. The Morgan fingerprint density at radius 1 is 0.188 bits per heavy atom. The summed E-state index contributed by atoms with van der Waals surface area (Å²) in [6.07, 6.45) is 6.11. The predicted octanol–water partition coefficient (Wildman–Crippen LogP) is 21.3. The van der Waals surface area contributed by atoms with E-state index >= 15 is 0 Å². The molecule has 15 rings (SSSR count). The van der Waals surface area contributed by atoms with Gasteiger partial charge in [-0.25, -0.2) is 0 Å². The first-order chi connectivity index (χ1) is 42.1. The zero-order valence-corrected chi connectivity index (χ0v) is 46.5. The fourth-order valence-electron chi connectivity index (χ4n) is 12.2. The molecular weight excluding hydrogens is 1030 g/mol. The van der Waals surface area contributed by atoms with Crippen LogP contribution in [0.2, 0.25) is 0 Å². The number of pyridine rings is 3. The molecule has 15 aromatic rings. The summed E-state index contributed by atoms with van der Waals surface area (Å²) >= 11 is 0. The van der Waals surface area contributed by atoms with Crippen LogP contribution in [0.1, 0.15) is 0 Å². The molecule has 398 valence electrons. The van der Waals surface area contributed by atoms with Gasteiger partial charge in [0.15, 0.2) is 0 Å². The number of hydrogen-bond acceptors (Lipinski definition) is 3. The average Bonchev–Trinajstić information content (AvgIpc) is 2.16. The fraction of sp³-hybridized carbons (Fsp3) is 0. The van der Waals surface area contributed by atoms with Crippen molar-refractivity contribution in [1.29, 1.82) is 0 Å². The highest BCUT2D eigenvalue weighted by Gasteiger charge is 2.21. The summed E-state index contributed by atoms with van der Waals surface area (Å²) < 4.78 is 2.37. The molecular formula is C81H54N4. The van der Waals surface area contributed by atoms with E-state index in [1.807, 2.05) is 24.5 Å². The molecule has 0 bridgehead atoms. The number of fused-ring (bicyclic) bond motifs is 3. The number of hydrogen-bond donors (Lipinski definition) is 0. The average molecular weight is 1080 g/mol. The van der Waals surface area contributed by atoms with Crippen LogP contribution in [0.15, 0.2) is 328 Å². The van der Waals surface area contributed by atoms with Gasteiger partial charge in [-0.1, -0.05) is 249 Å². The molecule has 4 heterocycles. The largest absolute Gasteiger partial charge is 0.309 e. The second kappa shape index (κ2) is 22.2. The fourth-order valence-corrected chi connectivity index (χ4v) is 12.2. The maximum Gasteiger partial charge on any atom is 0.0709 e. The van der Waals surface area contributed by atoms with Crippen molar-refractivity contribution in [2.75, 3.05) is 0 Å². The Labute approximate surface area is 495 Å². The second-order valence-corrected chi connectivity index (χ2v) is 21.5. The van der Waals surface area contributed by atoms with E-state index in [1.54, 1.807) is 0 Å². The highest BCUT2D eigenvalue weighted by atomic mass is 15.0. The summed E-state index contributed by atoms with van der Waals surface area (Å²) in [7, 11) is 0. The lowest BCUT2D eigenvalue weighted by Gasteiger charge is -2.19. The Morgan fingerprint density at radius 3 is 1.11 bits per heavy atom. The second-order valence-electron chi connectivity index (χ2n) is 21.5. The van der Waals surface area contributed by atoms with Gasteiger partial charge in [0, 0.05) is 68.4 Å². The van der Waals surface area contributed by atoms with Crippen LogP contribution < -0.4 is 0 Å². The van der Waals surface area contributed by atoms with E-state index < -0.39 is 0 Å². The van der Waals surface area contributed by atoms with Crippen LogP contribution >= 0.6 is 0 Å². The summed E-state index contributed by atoms with van der Waals surface area (Å²) in [5.41, 5.74) is 26.9. The van der Waals surface area contributed by atoms with Gasteiger partial charge in [-0.3, -0.25) is 15.0 Å². The van der Waals surface area contributed by atoms with E-state index in [-0.39, 0.29) is 0 Å². The monoisotopic (exact) mass is 1080 g/mol. The standard InChI is InChI=1S/C81H54N4/c1-5-21-55(22-6-1)56-37-39-57(40-38-56)75-51-79(60-41-44-74-73-35-19-20-36-80(73)85(81(74)50-60)66-27-11-4-12-28-66)84-54-76(75)72-34-18-17-33-71(72)65-48-63(69-31-15-13-29-67(69)61-42-45-77(82-52-61)58-23-7-2-8-24-58)47-64(49-65)70-32-16-14-30-68(70)62-43-46-78(83-53-62)59-25-9-3-10-26-59/h1-54H. The van der Waals surface area contributed by atoms with Crippen LogP contribution in [0.25, 0.3) is 150 Å². The third-order valence-electron chi connectivity index (χ3n) is 16.4. The zero-order chi connectivity index (χ0) is 56.5. The quantitative estimate of drug-likeness (QED) is 0.122. The van der Waals surface area contributed by atoms with Crippen molar-refractivity contribution in [3.63, 3.8) is 0 Å². The van der Waals surface area contributed by atoms with Gasteiger partial charge in [-0.05, 0) is 133 Å². The molecule has 0 atom stereocenters. The molecule has 0 radical (unpaired) electrons. The highest BCUT2D eigenvalue weighted by molar-refractivity contribution is 6.10. The van der Waals surface area contributed by atoms with E-state index in [1.165, 1.54) is 21.9 Å². The number of benzene rings is 11. The maximum atomic E-state index is 5.42. The van der Waals surface area contributed by atoms with Gasteiger partial charge in [0.1, 0.15) is 0 Å². The predicted molar refractivity (Wildman–Crippen MR) is 354 cm³/mol. The van der Waals surface area contributed by atoms with Crippen molar-refractivity contribution in [3.05, 3.63) is 328 Å². The van der Waals surface area contributed by atoms with Gasteiger partial charge >= 0.3 is 0 Å². The first-order valence-electron chi connectivity index (χ1n) is 28.9. The number of rotatable bonds is 12. The van der Waals surface area contributed by atoms with Gasteiger partial charge in [0.2, 0.25) is 0 Å². The third kappa shape index (κ3) is 9.78. The van der Waals surface area contributed by atoms with Crippen LogP contribution in [-0.4, -0.2) is 19.5 Å². The summed E-state index contributed by atoms with van der Waals surface area (Å²) in [5, 5.41) is 2.42. The van der Waals surface area contributed by atoms with Crippen LogP contribution in [0, 0.1) is 0 Å². The molecule has 85 heavy (non-hydrogen) atoms. The summed E-state index contributed by atoms with van der Waals surface area (Å²) in [6.45, 7) is 0. The highest BCUT2D eigenvalue weighted by Crippen LogP contribution is 2.45. The molecule has 0 fully saturated rings. The summed E-state index contributed by atoms with van der Waals surface area (Å²) in [6, 6.07) is 111. The molecule has 0 unspecified atom stereocenters. The summed E-state index contributed by atoms with van der Waals surface area (Å²) in [5.74, 6) is 0. The van der Waals surface area contributed by atoms with Gasteiger partial charge in [-0.15, -0.1) is 0 Å². The Hall–Kier alpha value is -11.3. The van der Waals surface area contributed by atoms with E-state index in [0.29, 0.717) is 0 Å². The zero-order valence-electron chi connectivity index (χ0n) is 46.5. The van der Waals surface area contributed by atoms with Crippen LogP contribution in [0.4, 0.5) is 0 Å². The minimum atomic E-state index is 0.894. The Morgan fingerprint density at radius 2 is 0.576 bits per heavy atom. The topological polar surface area (TPSA) is 43.6 Å². The lowest BCUT2D eigenvalue weighted by atomic mass is 9.85. The SMILES string of the molecule is c1ccc(-c2ccc(-c3cc(-c4ccc5c6ccccc6n(-c6ccccc6)c5c4)ncc3-c3ccccc3-c3cc(-c4ccccc4-c4ccc(-c5ccccc5)nc4)cc(-c4ccccc4-c4ccc(-c5ccccc5)nc4)c3)cc2)cc1. The first-order valence-corrected chi connectivity index (χ1v) is 28.9. The van der Waals surface area contributed by atoms with Crippen molar-refractivity contribution >= 4 is 21.8 Å². The van der Waals surface area contributed by atoms with Crippen molar-refractivity contribution in [1.82, 2.24) is 19.5 Å². The lowest BCUT2D eigenvalue weighted by molar-refractivity contribution is 1.18. The minimum absolute atomic E-state index is 0.894. The van der Waals surface area contributed by atoms with Crippen molar-refractivity contribution in [2.24, 2.45) is 0 Å². The molecule has 0 spiro atoms. The smallest absolute Gasteiger partial charge is 0.0709 e. The molecule has 0 aliphatic rings. The maximum absolute atomic E-state index is 5.42. The molecule has 0 saturated heterocycles. The molecule has 0 N–H and O–H groups in total. The van der Waals surface area contributed by atoms with Crippen molar-refractivity contribution in [3.8, 4) is 128 Å². The minimum Gasteiger partial charge on any atom is -0.309 e.